The van der Waals surface area contributed by atoms with Gasteiger partial charge in [-0.25, -0.2) is 4.79 Å². The van der Waals surface area contributed by atoms with E-state index < -0.39 is 5.63 Å². The van der Waals surface area contributed by atoms with E-state index in [1.807, 2.05) is 31.2 Å². The Balaban J connectivity index is 2.20. The Morgan fingerprint density at radius 2 is 1.77 bits per heavy atom. The van der Waals surface area contributed by atoms with Gasteiger partial charge in [0.05, 0.1) is 5.69 Å². The van der Waals surface area contributed by atoms with Crippen molar-refractivity contribution in [2.45, 2.75) is 13.8 Å². The summed E-state index contributed by atoms with van der Waals surface area (Å²) in [6.07, 6.45) is 0. The lowest BCUT2D eigenvalue weighted by Gasteiger charge is -2.05. The summed E-state index contributed by atoms with van der Waals surface area (Å²) in [5, 5.41) is 19.0. The highest BCUT2D eigenvalue weighted by Crippen LogP contribution is 2.36. The van der Waals surface area contributed by atoms with Crippen LogP contribution in [0.15, 0.2) is 61.9 Å². The molecule has 2 aromatic carbocycles. The van der Waals surface area contributed by atoms with Crippen LogP contribution in [0.3, 0.4) is 0 Å². The van der Waals surface area contributed by atoms with Crippen LogP contribution in [0.4, 0.5) is 11.4 Å². The van der Waals surface area contributed by atoms with E-state index in [1.165, 1.54) is 12.1 Å². The van der Waals surface area contributed by atoms with Crippen molar-refractivity contribution < 1.29 is 9.52 Å². The summed E-state index contributed by atoms with van der Waals surface area (Å²) in [6.45, 7) is 3.72. The monoisotopic (exact) mass is 294 g/mol. The van der Waals surface area contributed by atoms with Crippen LogP contribution in [0.25, 0.3) is 11.0 Å². The van der Waals surface area contributed by atoms with Gasteiger partial charge in [0.2, 0.25) is 0 Å². The van der Waals surface area contributed by atoms with E-state index in [0.29, 0.717) is 5.69 Å². The zero-order valence-electron chi connectivity index (χ0n) is 12.2. The Morgan fingerprint density at radius 3 is 2.55 bits per heavy atom. The standard InChI is InChI=1S/C17H14N2O3/c1-10-5-3-4-6-13(10)18-19-16-14(20)8-7-12-11(2)9-15(21)22-17(12)16/h3-9,20H,1-2H3/b19-18+. The quantitative estimate of drug-likeness (QED) is 0.557. The fraction of sp³-hybridized carbons (Fsp3) is 0.118. The van der Waals surface area contributed by atoms with Gasteiger partial charge in [-0.3, -0.25) is 0 Å². The molecule has 0 atom stereocenters. The van der Waals surface area contributed by atoms with Gasteiger partial charge in [-0.2, -0.15) is 5.11 Å². The number of phenols is 1. The van der Waals surface area contributed by atoms with Gasteiger partial charge in [-0.1, -0.05) is 18.2 Å². The van der Waals surface area contributed by atoms with E-state index >= 15 is 0 Å². The van der Waals surface area contributed by atoms with Crippen LogP contribution in [0.5, 0.6) is 5.75 Å². The van der Waals surface area contributed by atoms with Crippen molar-refractivity contribution >= 4 is 22.3 Å². The van der Waals surface area contributed by atoms with Gasteiger partial charge in [0, 0.05) is 11.5 Å². The van der Waals surface area contributed by atoms with Crippen LogP contribution in [0.2, 0.25) is 0 Å². The summed E-state index contributed by atoms with van der Waals surface area (Å²) in [6, 6.07) is 12.1. The molecule has 3 rings (SSSR count). The van der Waals surface area contributed by atoms with Crippen LogP contribution in [-0.2, 0) is 0 Å². The van der Waals surface area contributed by atoms with E-state index in [2.05, 4.69) is 10.2 Å². The molecule has 3 aromatic rings. The molecule has 0 spiro atoms. The van der Waals surface area contributed by atoms with Gasteiger partial charge in [0.1, 0.15) is 5.75 Å². The largest absolute Gasteiger partial charge is 0.505 e. The highest BCUT2D eigenvalue weighted by molar-refractivity contribution is 5.92. The Bertz CT molecular complexity index is 942. The Kier molecular flexibility index (Phi) is 3.47. The molecule has 1 heterocycles. The number of azo groups is 1. The number of benzene rings is 2. The summed E-state index contributed by atoms with van der Waals surface area (Å²) in [5.41, 5.74) is 2.32. The number of nitrogens with zero attached hydrogens (tertiary/aromatic N) is 2. The second-order valence-electron chi connectivity index (χ2n) is 5.04. The van der Waals surface area contributed by atoms with Crippen molar-refractivity contribution in [1.82, 2.24) is 0 Å². The molecule has 5 nitrogen and oxygen atoms in total. The predicted molar refractivity (Wildman–Crippen MR) is 84.2 cm³/mol. The first-order chi connectivity index (χ1) is 10.6. The fourth-order valence-corrected chi connectivity index (χ4v) is 2.24. The minimum Gasteiger partial charge on any atom is -0.505 e. The first kappa shape index (κ1) is 14.0. The highest BCUT2D eigenvalue weighted by atomic mass is 16.4. The second-order valence-corrected chi connectivity index (χ2v) is 5.04. The Morgan fingerprint density at radius 1 is 1.00 bits per heavy atom. The van der Waals surface area contributed by atoms with Gasteiger partial charge in [-0.05, 0) is 43.2 Å². The molecular formula is C17H14N2O3. The van der Waals surface area contributed by atoms with E-state index in [9.17, 15) is 9.90 Å². The van der Waals surface area contributed by atoms with E-state index in [1.54, 1.807) is 13.0 Å². The van der Waals surface area contributed by atoms with Crippen molar-refractivity contribution in [3.63, 3.8) is 0 Å². The molecule has 0 aliphatic heterocycles. The van der Waals surface area contributed by atoms with Gasteiger partial charge in [0.25, 0.3) is 0 Å². The number of aryl methyl sites for hydroxylation is 2. The molecule has 0 fully saturated rings. The fourth-order valence-electron chi connectivity index (χ4n) is 2.24. The van der Waals surface area contributed by atoms with Crippen LogP contribution < -0.4 is 5.63 Å². The smallest absolute Gasteiger partial charge is 0.336 e. The van der Waals surface area contributed by atoms with Crippen LogP contribution >= 0.6 is 0 Å². The van der Waals surface area contributed by atoms with Gasteiger partial charge in [0.15, 0.2) is 11.3 Å². The number of aromatic hydroxyl groups is 1. The van der Waals surface area contributed by atoms with E-state index in [4.69, 9.17) is 4.42 Å². The predicted octanol–water partition coefficient (Wildman–Crippen LogP) is 4.53. The molecule has 110 valence electrons. The zero-order valence-corrected chi connectivity index (χ0v) is 12.2. The summed E-state index contributed by atoms with van der Waals surface area (Å²) >= 11 is 0. The average molecular weight is 294 g/mol. The zero-order chi connectivity index (χ0) is 15.7. The molecule has 0 unspecified atom stereocenters. The number of rotatable bonds is 2. The molecule has 1 aromatic heterocycles. The molecule has 0 aliphatic carbocycles. The van der Waals surface area contributed by atoms with Gasteiger partial charge in [-0.15, -0.1) is 5.11 Å². The van der Waals surface area contributed by atoms with Crippen LogP contribution in [-0.4, -0.2) is 5.11 Å². The molecule has 0 saturated heterocycles. The summed E-state index contributed by atoms with van der Waals surface area (Å²) in [5.74, 6) is -0.0846. The van der Waals surface area contributed by atoms with Crippen molar-refractivity contribution in [2.24, 2.45) is 10.2 Å². The molecular weight excluding hydrogens is 280 g/mol. The third kappa shape index (κ3) is 2.48. The topological polar surface area (TPSA) is 75.2 Å². The lowest BCUT2D eigenvalue weighted by Crippen LogP contribution is -1.97. The Hall–Kier alpha value is -2.95. The lowest BCUT2D eigenvalue weighted by molar-refractivity contribution is 0.474. The van der Waals surface area contributed by atoms with Crippen LogP contribution in [0.1, 0.15) is 11.1 Å². The lowest BCUT2D eigenvalue weighted by atomic mass is 10.1. The van der Waals surface area contributed by atoms with Gasteiger partial charge < -0.3 is 9.52 Å². The van der Waals surface area contributed by atoms with Crippen molar-refractivity contribution in [2.75, 3.05) is 0 Å². The highest BCUT2D eigenvalue weighted by Gasteiger charge is 2.12. The third-order valence-corrected chi connectivity index (χ3v) is 3.45. The molecule has 0 radical (unpaired) electrons. The number of hydrogen-bond acceptors (Lipinski definition) is 5. The molecule has 0 aliphatic rings. The molecule has 0 amide bonds. The molecule has 5 heteroatoms. The molecule has 1 N–H and O–H groups in total. The maximum Gasteiger partial charge on any atom is 0.336 e. The molecule has 0 saturated carbocycles. The van der Waals surface area contributed by atoms with Gasteiger partial charge >= 0.3 is 5.63 Å². The number of hydrogen-bond donors (Lipinski definition) is 1. The Labute approximate surface area is 126 Å². The SMILES string of the molecule is Cc1ccccc1/N=N/c1c(O)ccc2c(C)cc(=O)oc12. The molecule has 22 heavy (non-hydrogen) atoms. The average Bonchev–Trinajstić information content (AvgIpc) is 2.47. The third-order valence-electron chi connectivity index (χ3n) is 3.45. The van der Waals surface area contributed by atoms with E-state index in [0.717, 1.165) is 16.5 Å². The first-order valence-corrected chi connectivity index (χ1v) is 6.80. The minimum absolute atomic E-state index is 0.0846. The molecule has 0 bridgehead atoms. The number of phenolic OH excluding ortho intramolecular Hbond substituents is 1. The van der Waals surface area contributed by atoms with Crippen molar-refractivity contribution in [3.8, 4) is 5.75 Å². The van der Waals surface area contributed by atoms with Crippen molar-refractivity contribution in [1.29, 1.82) is 0 Å². The second kappa shape index (κ2) is 5.44. The van der Waals surface area contributed by atoms with Crippen LogP contribution in [0, 0.1) is 13.8 Å². The van der Waals surface area contributed by atoms with Crippen molar-refractivity contribution in [3.05, 3.63) is 64.0 Å². The number of fused-ring (bicyclic) bond motifs is 1. The maximum absolute atomic E-state index is 11.6. The normalized spacial score (nSPS) is 11.4. The minimum atomic E-state index is -0.483. The van der Waals surface area contributed by atoms with E-state index in [-0.39, 0.29) is 17.0 Å². The summed E-state index contributed by atoms with van der Waals surface area (Å²) < 4.78 is 5.20. The maximum atomic E-state index is 11.6. The summed E-state index contributed by atoms with van der Waals surface area (Å²) in [4.78, 5) is 11.6. The first-order valence-electron chi connectivity index (χ1n) is 6.80. The summed E-state index contributed by atoms with van der Waals surface area (Å²) in [7, 11) is 0.